The highest BCUT2D eigenvalue weighted by molar-refractivity contribution is 5.75. The summed E-state index contributed by atoms with van der Waals surface area (Å²) in [5.74, 6) is -0.00430. The van der Waals surface area contributed by atoms with E-state index in [2.05, 4.69) is 15.5 Å². The summed E-state index contributed by atoms with van der Waals surface area (Å²) in [5, 5.41) is 25.0. The number of ether oxygens (including phenoxy) is 2. The third-order valence-corrected chi connectivity index (χ3v) is 7.96. The molecule has 2 saturated heterocycles. The number of nitrogens with zero attached hydrogens (tertiary/aromatic N) is 1. The molecular weight excluding hydrogens is 522 g/mol. The molecule has 9 nitrogen and oxygen atoms in total. The number of benzene rings is 2. The number of carbonyl (C=O) groups is 2. The van der Waals surface area contributed by atoms with Gasteiger partial charge < -0.3 is 30.3 Å². The van der Waals surface area contributed by atoms with Crippen molar-refractivity contribution in [1.82, 2.24) is 15.5 Å². The zero-order valence-electron chi connectivity index (χ0n) is 24.1. The van der Waals surface area contributed by atoms with E-state index in [1.54, 1.807) is 0 Å². The summed E-state index contributed by atoms with van der Waals surface area (Å²) < 4.78 is 12.9. The van der Waals surface area contributed by atoms with Crippen molar-refractivity contribution in [3.63, 3.8) is 0 Å². The molecule has 2 heterocycles. The lowest BCUT2D eigenvalue weighted by Gasteiger charge is -2.38. The lowest BCUT2D eigenvalue weighted by molar-refractivity contribution is -0.253. The number of nitrogens with one attached hydrogen (secondary N) is 2. The average Bonchev–Trinajstić information content (AvgIpc) is 3.44. The normalized spacial score (nSPS) is 22.9. The maximum Gasteiger partial charge on any atom is 0.220 e. The molecule has 2 aliphatic rings. The van der Waals surface area contributed by atoms with Gasteiger partial charge in [0, 0.05) is 51.0 Å². The fourth-order valence-electron chi connectivity index (χ4n) is 5.57. The van der Waals surface area contributed by atoms with Crippen LogP contribution in [0.1, 0.15) is 86.5 Å². The van der Waals surface area contributed by atoms with Crippen LogP contribution in [0.3, 0.4) is 0 Å². The molecule has 0 aliphatic carbocycles. The van der Waals surface area contributed by atoms with Crippen LogP contribution in [0.5, 0.6) is 0 Å². The number of aliphatic hydroxyl groups excluding tert-OH is 2. The Morgan fingerprint density at radius 1 is 0.927 bits per heavy atom. The molecule has 0 aromatic heterocycles. The number of unbranched alkanes of at least 4 members (excludes halogenated alkanes) is 2. The van der Waals surface area contributed by atoms with Gasteiger partial charge in [-0.3, -0.25) is 14.5 Å². The van der Waals surface area contributed by atoms with Crippen molar-refractivity contribution in [3.8, 4) is 0 Å². The summed E-state index contributed by atoms with van der Waals surface area (Å²) in [7, 11) is 0. The number of rotatable bonds is 14. The minimum Gasteiger partial charge on any atom is -0.395 e. The predicted octanol–water partition coefficient (Wildman–Crippen LogP) is 3.49. The van der Waals surface area contributed by atoms with Gasteiger partial charge in [-0.1, -0.05) is 55.0 Å². The smallest absolute Gasteiger partial charge is 0.220 e. The molecule has 4 atom stereocenters. The molecule has 9 heteroatoms. The van der Waals surface area contributed by atoms with Crippen LogP contribution in [-0.2, 0) is 32.2 Å². The first-order valence-corrected chi connectivity index (χ1v) is 14.9. The Hall–Kier alpha value is -2.82. The molecule has 0 saturated carbocycles. The van der Waals surface area contributed by atoms with E-state index in [-0.39, 0.29) is 43.3 Å². The fraction of sp³-hybridized carbons (Fsp3) is 0.562. The first kappa shape index (κ1) is 31.1. The second kappa shape index (κ2) is 16.0. The number of carbonyl (C=O) groups excluding carboxylic acids is 2. The van der Waals surface area contributed by atoms with E-state index in [1.165, 1.54) is 6.92 Å². The maximum atomic E-state index is 12.3. The Morgan fingerprint density at radius 2 is 1.66 bits per heavy atom. The monoisotopic (exact) mass is 567 g/mol. The first-order chi connectivity index (χ1) is 19.9. The zero-order valence-corrected chi connectivity index (χ0v) is 24.1. The summed E-state index contributed by atoms with van der Waals surface area (Å²) in [6, 6.07) is 16.0. The molecule has 4 rings (SSSR count). The van der Waals surface area contributed by atoms with Gasteiger partial charge in [0.05, 0.1) is 25.4 Å². The lowest BCUT2D eigenvalue weighted by atomic mass is 9.99. The zero-order chi connectivity index (χ0) is 29.0. The highest BCUT2D eigenvalue weighted by Gasteiger charge is 2.35. The van der Waals surface area contributed by atoms with Crippen molar-refractivity contribution in [2.24, 2.45) is 0 Å². The van der Waals surface area contributed by atoms with E-state index in [0.29, 0.717) is 25.9 Å². The summed E-state index contributed by atoms with van der Waals surface area (Å²) in [6.45, 7) is 4.48. The molecule has 0 radical (unpaired) electrons. The van der Waals surface area contributed by atoms with E-state index < -0.39 is 6.29 Å². The van der Waals surface area contributed by atoms with Crippen molar-refractivity contribution in [2.45, 2.75) is 89.6 Å². The van der Waals surface area contributed by atoms with Gasteiger partial charge in [0.25, 0.3) is 0 Å². The highest BCUT2D eigenvalue weighted by atomic mass is 16.7. The molecule has 2 fully saturated rings. The molecule has 0 spiro atoms. The standard InChI is InChI=1S/C32H45N3O6/c1-23(38)33-16-4-2-3-7-31(39)34-19-24-8-14-27(15-9-24)32-40-29(20-35-17-5-6-28(35)22-37)18-30(41-32)26-12-10-25(21-36)11-13-26/h8-15,28-30,32,36-37H,2-7,16-22H2,1H3,(H,33,38)(H,34,39)/t28-,29-,30+,32+/m0/s1. The number of aliphatic hydroxyl groups is 2. The molecular formula is C32H45N3O6. The van der Waals surface area contributed by atoms with Crippen LogP contribution < -0.4 is 10.6 Å². The third kappa shape index (κ3) is 9.61. The summed E-state index contributed by atoms with van der Waals surface area (Å²) in [5.41, 5.74) is 3.83. The number of hydrogen-bond donors (Lipinski definition) is 4. The Bertz CT molecular complexity index is 1090. The second-order valence-corrected chi connectivity index (χ2v) is 11.1. The molecule has 0 bridgehead atoms. The van der Waals surface area contributed by atoms with Gasteiger partial charge in [-0.25, -0.2) is 0 Å². The Balaban J connectivity index is 1.33. The fourth-order valence-corrected chi connectivity index (χ4v) is 5.57. The Kier molecular flexibility index (Phi) is 12.1. The van der Waals surface area contributed by atoms with Crippen molar-refractivity contribution in [2.75, 3.05) is 26.2 Å². The molecule has 224 valence electrons. The van der Waals surface area contributed by atoms with Gasteiger partial charge in [0.2, 0.25) is 11.8 Å². The van der Waals surface area contributed by atoms with E-state index in [4.69, 9.17) is 9.47 Å². The molecule has 2 aliphatic heterocycles. The largest absolute Gasteiger partial charge is 0.395 e. The van der Waals surface area contributed by atoms with E-state index >= 15 is 0 Å². The minimum atomic E-state index is -0.535. The van der Waals surface area contributed by atoms with Crippen molar-refractivity contribution in [1.29, 1.82) is 0 Å². The summed E-state index contributed by atoms with van der Waals surface area (Å²) in [4.78, 5) is 25.5. The highest BCUT2D eigenvalue weighted by Crippen LogP contribution is 2.38. The van der Waals surface area contributed by atoms with Gasteiger partial charge in [-0.2, -0.15) is 0 Å². The first-order valence-electron chi connectivity index (χ1n) is 14.9. The van der Waals surface area contributed by atoms with Gasteiger partial charge in [-0.15, -0.1) is 0 Å². The summed E-state index contributed by atoms with van der Waals surface area (Å²) in [6.07, 6.45) is 5.09. The number of amides is 2. The number of likely N-dealkylation sites (tertiary alicyclic amines) is 1. The van der Waals surface area contributed by atoms with Crippen LogP contribution in [0.15, 0.2) is 48.5 Å². The van der Waals surface area contributed by atoms with E-state index in [1.807, 2.05) is 48.5 Å². The third-order valence-electron chi connectivity index (χ3n) is 7.96. The van der Waals surface area contributed by atoms with Gasteiger partial charge in [-0.05, 0) is 48.9 Å². The van der Waals surface area contributed by atoms with Crippen LogP contribution in [0.25, 0.3) is 0 Å². The van der Waals surface area contributed by atoms with Crippen LogP contribution in [0, 0.1) is 0 Å². The van der Waals surface area contributed by atoms with E-state index in [9.17, 15) is 19.8 Å². The van der Waals surface area contributed by atoms with Crippen LogP contribution >= 0.6 is 0 Å². The molecule has 4 N–H and O–H groups in total. The molecule has 0 unspecified atom stereocenters. The minimum absolute atomic E-state index is 0.00438. The van der Waals surface area contributed by atoms with Gasteiger partial charge in [0.15, 0.2) is 6.29 Å². The lowest BCUT2D eigenvalue weighted by Crippen LogP contribution is -2.42. The topological polar surface area (TPSA) is 120 Å². The maximum absolute atomic E-state index is 12.3. The Labute approximate surface area is 243 Å². The van der Waals surface area contributed by atoms with Crippen LogP contribution in [-0.4, -0.2) is 65.3 Å². The number of hydrogen-bond acceptors (Lipinski definition) is 7. The SMILES string of the molecule is CC(=O)NCCCCCC(=O)NCc1ccc([C@@H]2O[C@H](CN3CCC[C@H]3CO)C[C@H](c3ccc(CO)cc3)O2)cc1. The second-order valence-electron chi connectivity index (χ2n) is 11.1. The van der Waals surface area contributed by atoms with Crippen molar-refractivity contribution < 1.29 is 29.3 Å². The van der Waals surface area contributed by atoms with Gasteiger partial charge in [0.1, 0.15) is 0 Å². The molecule has 41 heavy (non-hydrogen) atoms. The molecule has 2 amide bonds. The van der Waals surface area contributed by atoms with Gasteiger partial charge >= 0.3 is 0 Å². The van der Waals surface area contributed by atoms with Crippen LogP contribution in [0.2, 0.25) is 0 Å². The van der Waals surface area contributed by atoms with Crippen molar-refractivity contribution in [3.05, 3.63) is 70.8 Å². The van der Waals surface area contributed by atoms with Crippen LogP contribution in [0.4, 0.5) is 0 Å². The quantitative estimate of drug-likeness (QED) is 0.258. The van der Waals surface area contributed by atoms with Crippen molar-refractivity contribution >= 4 is 11.8 Å². The molecule has 2 aromatic rings. The predicted molar refractivity (Wildman–Crippen MR) is 156 cm³/mol. The average molecular weight is 568 g/mol. The Morgan fingerprint density at radius 3 is 2.37 bits per heavy atom. The van der Waals surface area contributed by atoms with E-state index in [0.717, 1.165) is 67.4 Å². The summed E-state index contributed by atoms with van der Waals surface area (Å²) >= 11 is 0. The molecule has 2 aromatic carbocycles.